The van der Waals surface area contributed by atoms with Gasteiger partial charge >= 0.3 is 0 Å². The highest BCUT2D eigenvalue weighted by molar-refractivity contribution is 5.64. The summed E-state index contributed by atoms with van der Waals surface area (Å²) >= 11 is 0. The minimum atomic E-state index is 0.178. The first kappa shape index (κ1) is 18.0. The van der Waals surface area contributed by atoms with E-state index in [9.17, 15) is 0 Å². The van der Waals surface area contributed by atoms with Gasteiger partial charge in [-0.3, -0.25) is 0 Å². The Morgan fingerprint density at radius 3 is 2.88 bits per heavy atom. The van der Waals surface area contributed by atoms with Crippen molar-refractivity contribution in [2.24, 2.45) is 5.73 Å². The number of aromatic nitrogens is 2. The first-order chi connectivity index (χ1) is 12.6. The number of hydrogen-bond donors (Lipinski definition) is 3. The van der Waals surface area contributed by atoms with E-state index >= 15 is 0 Å². The highest BCUT2D eigenvalue weighted by Gasteiger charge is 2.19. The lowest BCUT2D eigenvalue weighted by molar-refractivity contribution is 0.503. The molecule has 1 saturated heterocycles. The van der Waals surface area contributed by atoms with Gasteiger partial charge in [0.15, 0.2) is 0 Å². The van der Waals surface area contributed by atoms with Gasteiger partial charge in [0.05, 0.1) is 11.6 Å². The number of nitrogens with zero attached hydrogens (tertiary/aromatic N) is 4. The molecule has 1 aromatic heterocycles. The fourth-order valence-corrected chi connectivity index (χ4v) is 3.22. The average molecular weight is 351 g/mol. The van der Waals surface area contributed by atoms with E-state index in [2.05, 4.69) is 33.2 Å². The van der Waals surface area contributed by atoms with Crippen molar-refractivity contribution in [1.82, 2.24) is 9.97 Å². The van der Waals surface area contributed by atoms with Gasteiger partial charge in [0.2, 0.25) is 5.95 Å². The van der Waals surface area contributed by atoms with Crippen LogP contribution in [-0.2, 0) is 6.42 Å². The zero-order chi connectivity index (χ0) is 18.5. The van der Waals surface area contributed by atoms with Crippen molar-refractivity contribution in [3.63, 3.8) is 0 Å². The molecule has 1 aliphatic heterocycles. The maximum atomic E-state index is 9.12. The number of aryl methyl sites for hydroxylation is 1. The van der Waals surface area contributed by atoms with Crippen LogP contribution in [0.4, 0.5) is 23.1 Å². The summed E-state index contributed by atoms with van der Waals surface area (Å²) in [6.07, 6.45) is 4.00. The van der Waals surface area contributed by atoms with Crippen molar-refractivity contribution in [2.75, 3.05) is 29.0 Å². The van der Waals surface area contributed by atoms with E-state index in [0.717, 1.165) is 50.3 Å². The largest absolute Gasteiger partial charge is 0.399 e. The van der Waals surface area contributed by atoms with Crippen LogP contribution >= 0.6 is 0 Å². The number of benzene rings is 1. The van der Waals surface area contributed by atoms with Crippen molar-refractivity contribution >= 4 is 23.1 Å². The Bertz CT molecular complexity index is 812. The van der Waals surface area contributed by atoms with Crippen LogP contribution in [0.5, 0.6) is 0 Å². The minimum absolute atomic E-state index is 0.178. The molecule has 1 aliphatic rings. The first-order valence-corrected chi connectivity index (χ1v) is 9.03. The molecule has 3 rings (SSSR count). The number of piperidine rings is 1. The summed E-state index contributed by atoms with van der Waals surface area (Å²) in [6.45, 7) is 3.88. The fraction of sp³-hybridized carbons (Fsp3) is 0.421. The number of anilines is 4. The van der Waals surface area contributed by atoms with E-state index in [4.69, 9.17) is 16.7 Å². The van der Waals surface area contributed by atoms with Crippen LogP contribution in [0.1, 0.15) is 37.4 Å². The normalized spacial score (nSPS) is 17.0. The second-order valence-electron chi connectivity index (χ2n) is 6.72. The van der Waals surface area contributed by atoms with Gasteiger partial charge in [-0.15, -0.1) is 0 Å². The number of nitrogens with two attached hydrogens (primary N) is 2. The molecule has 0 aliphatic carbocycles. The molecule has 7 heteroatoms. The molecule has 5 N–H and O–H groups in total. The predicted octanol–water partition coefficient (Wildman–Crippen LogP) is 2.55. The summed E-state index contributed by atoms with van der Waals surface area (Å²) in [5, 5.41) is 12.3. The lowest BCUT2D eigenvalue weighted by Gasteiger charge is -2.32. The van der Waals surface area contributed by atoms with E-state index in [-0.39, 0.29) is 6.04 Å². The maximum Gasteiger partial charge on any atom is 0.229 e. The number of nitrogens with one attached hydrogen (secondary N) is 1. The van der Waals surface area contributed by atoms with Crippen molar-refractivity contribution in [1.29, 1.82) is 5.26 Å². The molecule has 1 aromatic carbocycles. The smallest absolute Gasteiger partial charge is 0.229 e. The second-order valence-corrected chi connectivity index (χ2v) is 6.72. The third-order valence-electron chi connectivity index (χ3n) is 4.39. The number of rotatable bonds is 5. The Morgan fingerprint density at radius 1 is 1.31 bits per heavy atom. The molecule has 0 radical (unpaired) electrons. The average Bonchev–Trinajstić information content (AvgIpc) is 2.61. The van der Waals surface area contributed by atoms with Crippen molar-refractivity contribution < 1.29 is 0 Å². The van der Waals surface area contributed by atoms with Gasteiger partial charge in [0.25, 0.3) is 0 Å². The summed E-state index contributed by atoms with van der Waals surface area (Å²) in [5.41, 5.74) is 14.7. The number of hydrogen-bond acceptors (Lipinski definition) is 7. The van der Waals surface area contributed by atoms with Crippen LogP contribution in [0.2, 0.25) is 0 Å². The van der Waals surface area contributed by atoms with Crippen LogP contribution in [-0.4, -0.2) is 29.1 Å². The fourth-order valence-electron chi connectivity index (χ4n) is 3.22. The molecule has 2 aromatic rings. The van der Waals surface area contributed by atoms with Gasteiger partial charge in [-0.25, -0.2) is 4.98 Å². The van der Waals surface area contributed by atoms with Gasteiger partial charge in [-0.1, -0.05) is 13.3 Å². The minimum Gasteiger partial charge on any atom is -0.399 e. The Morgan fingerprint density at radius 2 is 2.15 bits per heavy atom. The zero-order valence-corrected chi connectivity index (χ0v) is 15.1. The van der Waals surface area contributed by atoms with Crippen LogP contribution in [0.3, 0.4) is 0 Å². The highest BCUT2D eigenvalue weighted by atomic mass is 15.2. The molecule has 0 saturated carbocycles. The molecule has 136 valence electrons. The van der Waals surface area contributed by atoms with E-state index in [0.29, 0.717) is 22.9 Å². The van der Waals surface area contributed by atoms with Gasteiger partial charge in [-0.2, -0.15) is 10.2 Å². The Kier molecular flexibility index (Phi) is 5.54. The number of nitriles is 1. The molecule has 7 nitrogen and oxygen atoms in total. The molecule has 0 amide bonds. The van der Waals surface area contributed by atoms with Crippen LogP contribution in [0.15, 0.2) is 24.3 Å². The summed E-state index contributed by atoms with van der Waals surface area (Å²) in [7, 11) is 0. The molecular weight excluding hydrogens is 326 g/mol. The van der Waals surface area contributed by atoms with E-state index in [1.807, 2.05) is 6.07 Å². The summed E-state index contributed by atoms with van der Waals surface area (Å²) in [5.74, 6) is 1.41. The van der Waals surface area contributed by atoms with Gasteiger partial charge in [-0.05, 0) is 37.5 Å². The second kappa shape index (κ2) is 8.02. The summed E-state index contributed by atoms with van der Waals surface area (Å²) < 4.78 is 0. The molecule has 2 heterocycles. The van der Waals surface area contributed by atoms with Gasteiger partial charge in [0, 0.05) is 42.3 Å². The molecule has 0 bridgehead atoms. The molecular formula is C19H25N7. The monoisotopic (exact) mass is 351 g/mol. The first-order valence-electron chi connectivity index (χ1n) is 9.03. The maximum absolute atomic E-state index is 9.12. The Hall–Kier alpha value is -2.85. The van der Waals surface area contributed by atoms with E-state index < -0.39 is 0 Å². The zero-order valence-electron chi connectivity index (χ0n) is 15.1. The molecule has 1 fully saturated rings. The lowest BCUT2D eigenvalue weighted by atomic mass is 10.1. The van der Waals surface area contributed by atoms with E-state index in [1.165, 1.54) is 0 Å². The summed E-state index contributed by atoms with van der Waals surface area (Å²) in [4.78, 5) is 11.5. The lowest BCUT2D eigenvalue weighted by Crippen LogP contribution is -2.43. The van der Waals surface area contributed by atoms with E-state index in [1.54, 1.807) is 18.2 Å². The third kappa shape index (κ3) is 4.41. The summed E-state index contributed by atoms with van der Waals surface area (Å²) in [6, 6.07) is 9.49. The van der Waals surface area contributed by atoms with Gasteiger partial charge in [0.1, 0.15) is 5.82 Å². The van der Waals surface area contributed by atoms with Crippen LogP contribution in [0, 0.1) is 11.3 Å². The third-order valence-corrected chi connectivity index (χ3v) is 4.39. The van der Waals surface area contributed by atoms with Crippen molar-refractivity contribution in [2.45, 2.75) is 38.6 Å². The van der Waals surface area contributed by atoms with Crippen molar-refractivity contribution in [3.05, 3.63) is 35.5 Å². The topological polar surface area (TPSA) is 117 Å². The number of nitrogen functional groups attached to an aromatic ring is 1. The highest BCUT2D eigenvalue weighted by Crippen LogP contribution is 2.23. The predicted molar refractivity (Wildman–Crippen MR) is 104 cm³/mol. The van der Waals surface area contributed by atoms with Crippen molar-refractivity contribution in [3.8, 4) is 6.07 Å². The Labute approximate surface area is 154 Å². The SMILES string of the molecule is CCCc1cc(N2CCC[C@@H](N)C2)nc(Nc2cc(N)cc(C#N)c2)n1. The standard InChI is InChI=1S/C19H25N7/c1-2-4-16-10-18(26-6-3-5-14(21)12-26)25-19(23-16)24-17-8-13(11-20)7-15(22)9-17/h7-10,14H,2-6,12,21-22H2,1H3,(H,23,24,25)/t14-/m1/s1. The molecule has 26 heavy (non-hydrogen) atoms. The van der Waals surface area contributed by atoms with Gasteiger partial charge < -0.3 is 21.7 Å². The Balaban J connectivity index is 1.91. The molecule has 1 atom stereocenters. The van der Waals surface area contributed by atoms with Crippen LogP contribution in [0.25, 0.3) is 0 Å². The van der Waals surface area contributed by atoms with Crippen LogP contribution < -0.4 is 21.7 Å². The quantitative estimate of drug-likeness (QED) is 0.709. The molecule has 0 unspecified atom stereocenters. The molecule has 0 spiro atoms.